The molecule has 0 saturated heterocycles. The molecule has 5 heteroatoms. The van der Waals surface area contributed by atoms with Crippen LogP contribution < -0.4 is 15.8 Å². The molecule has 5 nitrogen and oxygen atoms in total. The third-order valence-electron chi connectivity index (χ3n) is 3.65. The summed E-state index contributed by atoms with van der Waals surface area (Å²) in [6.45, 7) is 5.85. The third kappa shape index (κ3) is 4.35. The Balaban J connectivity index is 2.03. The van der Waals surface area contributed by atoms with Gasteiger partial charge in [-0.2, -0.15) is 0 Å². The number of carbonyl (C=O) groups excluding carboxylic acids is 2. The first-order chi connectivity index (χ1) is 11.4. The van der Waals surface area contributed by atoms with Crippen LogP contribution >= 0.6 is 0 Å². The lowest BCUT2D eigenvalue weighted by Crippen LogP contribution is -2.30. The fourth-order valence-corrected chi connectivity index (χ4v) is 2.27. The molecule has 2 rings (SSSR count). The lowest BCUT2D eigenvalue weighted by molar-refractivity contribution is -0.122. The summed E-state index contributed by atoms with van der Waals surface area (Å²) in [4.78, 5) is 23.3. The van der Waals surface area contributed by atoms with Gasteiger partial charge in [0.05, 0.1) is 0 Å². The van der Waals surface area contributed by atoms with Gasteiger partial charge in [0.1, 0.15) is 5.75 Å². The average molecular weight is 326 g/mol. The predicted octanol–water partition coefficient (Wildman–Crippen LogP) is 3.31. The van der Waals surface area contributed by atoms with Crippen LogP contribution in [-0.2, 0) is 4.79 Å². The lowest BCUT2D eigenvalue weighted by Gasteiger charge is -2.18. The normalized spacial score (nSPS) is 11.8. The molecular formula is C19H22N2O3. The Bertz CT molecular complexity index is 724. The van der Waals surface area contributed by atoms with E-state index >= 15 is 0 Å². The van der Waals surface area contributed by atoms with Crippen LogP contribution in [0.2, 0.25) is 0 Å². The molecule has 2 aromatic carbocycles. The van der Waals surface area contributed by atoms with Gasteiger partial charge in [-0.25, -0.2) is 0 Å². The van der Waals surface area contributed by atoms with Gasteiger partial charge in [-0.1, -0.05) is 32.0 Å². The first kappa shape index (κ1) is 17.5. The third-order valence-corrected chi connectivity index (χ3v) is 3.65. The maximum absolute atomic E-state index is 12.3. The van der Waals surface area contributed by atoms with Crippen molar-refractivity contribution in [3.05, 3.63) is 59.7 Å². The maximum Gasteiger partial charge on any atom is 0.265 e. The number of hydrogen-bond acceptors (Lipinski definition) is 3. The van der Waals surface area contributed by atoms with Gasteiger partial charge < -0.3 is 15.8 Å². The minimum absolute atomic E-state index is 0.264. The van der Waals surface area contributed by atoms with E-state index in [-0.39, 0.29) is 5.91 Å². The largest absolute Gasteiger partial charge is 0.481 e. The minimum Gasteiger partial charge on any atom is -0.481 e. The molecule has 0 aliphatic rings. The molecule has 0 fully saturated rings. The van der Waals surface area contributed by atoms with Gasteiger partial charge in [-0.3, -0.25) is 9.59 Å². The van der Waals surface area contributed by atoms with Gasteiger partial charge in [0.2, 0.25) is 5.91 Å². The molecule has 3 N–H and O–H groups in total. The van der Waals surface area contributed by atoms with Gasteiger partial charge >= 0.3 is 0 Å². The van der Waals surface area contributed by atoms with Crippen LogP contribution in [-0.4, -0.2) is 17.9 Å². The Morgan fingerprint density at radius 1 is 1.00 bits per heavy atom. The van der Waals surface area contributed by atoms with Crippen LogP contribution in [0.4, 0.5) is 5.69 Å². The van der Waals surface area contributed by atoms with Crippen molar-refractivity contribution < 1.29 is 14.3 Å². The van der Waals surface area contributed by atoms with Crippen LogP contribution in [0, 0.1) is 0 Å². The van der Waals surface area contributed by atoms with Crippen LogP contribution in [0.15, 0.2) is 48.5 Å². The maximum atomic E-state index is 12.3. The topological polar surface area (TPSA) is 81.4 Å². The fourth-order valence-electron chi connectivity index (χ4n) is 2.27. The molecule has 0 aliphatic heterocycles. The molecule has 0 aliphatic carbocycles. The number of para-hydroxylation sites is 1. The minimum atomic E-state index is -0.652. The molecule has 0 unspecified atom stereocenters. The Morgan fingerprint density at radius 3 is 2.21 bits per heavy atom. The molecule has 0 spiro atoms. The summed E-state index contributed by atoms with van der Waals surface area (Å²) < 4.78 is 5.82. The van der Waals surface area contributed by atoms with Gasteiger partial charge in [0.15, 0.2) is 6.10 Å². The molecule has 0 bridgehead atoms. The number of amides is 2. The molecule has 2 amide bonds. The number of nitrogens with one attached hydrogen (secondary N) is 1. The quantitative estimate of drug-likeness (QED) is 0.854. The predicted molar refractivity (Wildman–Crippen MR) is 94.2 cm³/mol. The Labute approximate surface area is 141 Å². The molecule has 126 valence electrons. The van der Waals surface area contributed by atoms with Gasteiger partial charge in [-0.05, 0) is 48.7 Å². The van der Waals surface area contributed by atoms with Crippen LogP contribution in [0.3, 0.4) is 0 Å². The number of benzene rings is 2. The number of primary amides is 1. The summed E-state index contributed by atoms with van der Waals surface area (Å²) in [5, 5.41) is 2.76. The smallest absolute Gasteiger partial charge is 0.265 e. The second-order valence-corrected chi connectivity index (χ2v) is 5.88. The molecule has 2 aromatic rings. The molecule has 0 aromatic heterocycles. The highest BCUT2D eigenvalue weighted by atomic mass is 16.5. The molecular weight excluding hydrogens is 304 g/mol. The highest BCUT2D eigenvalue weighted by Gasteiger charge is 2.17. The molecule has 24 heavy (non-hydrogen) atoms. The van der Waals surface area contributed by atoms with E-state index in [1.807, 2.05) is 24.3 Å². The van der Waals surface area contributed by atoms with Crippen molar-refractivity contribution in [1.29, 1.82) is 0 Å². The first-order valence-corrected chi connectivity index (χ1v) is 7.84. The zero-order chi connectivity index (χ0) is 17.7. The summed E-state index contributed by atoms with van der Waals surface area (Å²) in [6.07, 6.45) is -0.652. The van der Waals surface area contributed by atoms with Crippen molar-refractivity contribution in [3.63, 3.8) is 0 Å². The van der Waals surface area contributed by atoms with Crippen molar-refractivity contribution in [3.8, 4) is 5.75 Å². The average Bonchev–Trinajstić information content (AvgIpc) is 2.55. The summed E-state index contributed by atoms with van der Waals surface area (Å²) in [7, 11) is 0. The van der Waals surface area contributed by atoms with Crippen LogP contribution in [0.25, 0.3) is 0 Å². The summed E-state index contributed by atoms with van der Waals surface area (Å²) in [6, 6.07) is 14.1. The number of rotatable bonds is 6. The highest BCUT2D eigenvalue weighted by molar-refractivity contribution is 5.96. The van der Waals surface area contributed by atoms with E-state index < -0.39 is 12.0 Å². The Hall–Kier alpha value is -2.82. The monoisotopic (exact) mass is 326 g/mol. The van der Waals surface area contributed by atoms with Crippen molar-refractivity contribution in [2.24, 2.45) is 5.73 Å². The molecule has 0 saturated carbocycles. The van der Waals surface area contributed by atoms with Crippen molar-refractivity contribution in [1.82, 2.24) is 0 Å². The standard InChI is InChI=1S/C19H22N2O3/c1-12(2)16-6-4-5-7-17(16)24-13(3)19(23)21-15-10-8-14(9-11-15)18(20)22/h4-13H,1-3H3,(H2,20,22)(H,21,23)/t13-/m1/s1. The van der Waals surface area contributed by atoms with E-state index in [1.54, 1.807) is 31.2 Å². The zero-order valence-corrected chi connectivity index (χ0v) is 14.1. The number of nitrogens with two attached hydrogens (primary N) is 1. The van der Waals surface area contributed by atoms with E-state index in [9.17, 15) is 9.59 Å². The molecule has 0 radical (unpaired) electrons. The first-order valence-electron chi connectivity index (χ1n) is 7.84. The van der Waals surface area contributed by atoms with E-state index in [2.05, 4.69) is 19.2 Å². The second kappa shape index (κ2) is 7.64. The van der Waals surface area contributed by atoms with Crippen LogP contribution in [0.5, 0.6) is 5.75 Å². The van der Waals surface area contributed by atoms with Crippen molar-refractivity contribution >= 4 is 17.5 Å². The Morgan fingerprint density at radius 2 is 1.62 bits per heavy atom. The molecule has 0 heterocycles. The highest BCUT2D eigenvalue weighted by Crippen LogP contribution is 2.26. The van der Waals surface area contributed by atoms with Crippen molar-refractivity contribution in [2.75, 3.05) is 5.32 Å². The Kier molecular flexibility index (Phi) is 5.58. The van der Waals surface area contributed by atoms with Gasteiger partial charge in [0, 0.05) is 11.3 Å². The van der Waals surface area contributed by atoms with E-state index in [0.29, 0.717) is 22.9 Å². The zero-order valence-electron chi connectivity index (χ0n) is 14.1. The molecule has 1 atom stereocenters. The van der Waals surface area contributed by atoms with Gasteiger partial charge in [-0.15, -0.1) is 0 Å². The second-order valence-electron chi connectivity index (χ2n) is 5.88. The summed E-state index contributed by atoms with van der Waals surface area (Å²) >= 11 is 0. The van der Waals surface area contributed by atoms with E-state index in [4.69, 9.17) is 10.5 Å². The number of anilines is 1. The van der Waals surface area contributed by atoms with Crippen molar-refractivity contribution in [2.45, 2.75) is 32.8 Å². The number of hydrogen-bond donors (Lipinski definition) is 2. The fraction of sp³-hybridized carbons (Fsp3) is 0.263. The van der Waals surface area contributed by atoms with Crippen LogP contribution in [0.1, 0.15) is 42.6 Å². The summed E-state index contributed by atoms with van der Waals surface area (Å²) in [5.74, 6) is 0.243. The van der Waals surface area contributed by atoms with E-state index in [0.717, 1.165) is 5.56 Å². The number of ether oxygens (including phenoxy) is 1. The number of carbonyl (C=O) groups is 2. The summed E-state index contributed by atoms with van der Waals surface area (Å²) in [5.41, 5.74) is 7.22. The lowest BCUT2D eigenvalue weighted by atomic mass is 10.0. The SMILES string of the molecule is CC(C)c1ccccc1O[C@H](C)C(=O)Nc1ccc(C(N)=O)cc1. The van der Waals surface area contributed by atoms with E-state index in [1.165, 1.54) is 0 Å². The van der Waals surface area contributed by atoms with Gasteiger partial charge in [0.25, 0.3) is 5.91 Å².